The van der Waals surface area contributed by atoms with E-state index in [0.717, 1.165) is 11.3 Å². The molecular weight excluding hydrogens is 326 g/mol. The Balaban J connectivity index is 1.91. The highest BCUT2D eigenvalue weighted by Crippen LogP contribution is 2.29. The van der Waals surface area contributed by atoms with Crippen LogP contribution in [0.25, 0.3) is 11.3 Å². The number of hydrogen-bond donors (Lipinski definition) is 2. The number of rotatable bonds is 4. The Hall–Kier alpha value is -2.79. The SMILES string of the molecule is COc1cccc(C(=O)Nc2c(-c3ccc(Cl)cc3)n[nH]c2C)c1. The molecule has 2 N–H and O–H groups in total. The minimum absolute atomic E-state index is 0.228. The predicted octanol–water partition coefficient (Wildman–Crippen LogP) is 4.30. The standard InChI is InChI=1S/C18H16ClN3O2/c1-11-16(17(22-21-11)12-6-8-14(19)9-7-12)20-18(23)13-4-3-5-15(10-13)24-2/h3-10H,1-2H3,(H,20,23)(H,21,22). The maximum atomic E-state index is 12.5. The van der Waals surface area contributed by atoms with Crippen molar-refractivity contribution in [1.82, 2.24) is 10.2 Å². The van der Waals surface area contributed by atoms with Gasteiger partial charge in [0, 0.05) is 16.1 Å². The molecule has 1 amide bonds. The first-order valence-electron chi connectivity index (χ1n) is 7.35. The van der Waals surface area contributed by atoms with Crippen LogP contribution in [0.2, 0.25) is 5.02 Å². The molecule has 6 heteroatoms. The van der Waals surface area contributed by atoms with Gasteiger partial charge in [0.1, 0.15) is 11.4 Å². The molecular formula is C18H16ClN3O2. The normalized spacial score (nSPS) is 10.5. The number of carbonyl (C=O) groups is 1. The van der Waals surface area contributed by atoms with Crippen LogP contribution in [0.4, 0.5) is 5.69 Å². The van der Waals surface area contributed by atoms with Gasteiger partial charge < -0.3 is 10.1 Å². The number of nitrogens with one attached hydrogen (secondary N) is 2. The number of nitrogens with zero attached hydrogens (tertiary/aromatic N) is 1. The topological polar surface area (TPSA) is 67.0 Å². The average Bonchev–Trinajstić information content (AvgIpc) is 2.96. The van der Waals surface area contributed by atoms with Crippen LogP contribution in [0.1, 0.15) is 16.1 Å². The highest BCUT2D eigenvalue weighted by atomic mass is 35.5. The van der Waals surface area contributed by atoms with Gasteiger partial charge in [0.05, 0.1) is 18.5 Å². The van der Waals surface area contributed by atoms with Gasteiger partial charge in [-0.25, -0.2) is 0 Å². The zero-order valence-electron chi connectivity index (χ0n) is 13.3. The smallest absolute Gasteiger partial charge is 0.255 e. The minimum atomic E-state index is -0.228. The second-order valence-electron chi connectivity index (χ2n) is 5.27. The van der Waals surface area contributed by atoms with Crippen LogP contribution in [0.15, 0.2) is 48.5 Å². The summed E-state index contributed by atoms with van der Waals surface area (Å²) in [7, 11) is 1.57. The molecule has 0 atom stereocenters. The van der Waals surface area contributed by atoms with E-state index in [2.05, 4.69) is 15.5 Å². The molecule has 5 nitrogen and oxygen atoms in total. The number of aromatic nitrogens is 2. The molecule has 0 radical (unpaired) electrons. The van der Waals surface area contributed by atoms with Gasteiger partial charge in [-0.05, 0) is 37.3 Å². The lowest BCUT2D eigenvalue weighted by molar-refractivity contribution is 0.102. The van der Waals surface area contributed by atoms with E-state index in [9.17, 15) is 4.79 Å². The molecule has 2 aromatic carbocycles. The highest BCUT2D eigenvalue weighted by Gasteiger charge is 2.16. The molecule has 0 aliphatic heterocycles. The summed E-state index contributed by atoms with van der Waals surface area (Å²) in [4.78, 5) is 12.5. The van der Waals surface area contributed by atoms with Crippen molar-refractivity contribution in [3.8, 4) is 17.0 Å². The van der Waals surface area contributed by atoms with Gasteiger partial charge in [-0.3, -0.25) is 9.89 Å². The van der Waals surface area contributed by atoms with Gasteiger partial charge in [0.15, 0.2) is 0 Å². The zero-order valence-corrected chi connectivity index (χ0v) is 14.0. The van der Waals surface area contributed by atoms with Gasteiger partial charge in [0.25, 0.3) is 5.91 Å². The van der Waals surface area contributed by atoms with E-state index < -0.39 is 0 Å². The van der Waals surface area contributed by atoms with E-state index in [1.54, 1.807) is 43.5 Å². The van der Waals surface area contributed by atoms with E-state index >= 15 is 0 Å². The van der Waals surface area contributed by atoms with E-state index in [1.807, 2.05) is 19.1 Å². The number of aromatic amines is 1. The summed E-state index contributed by atoms with van der Waals surface area (Å²) in [6.45, 7) is 1.85. The molecule has 3 aromatic rings. The third-order valence-corrected chi connectivity index (χ3v) is 3.89. The fourth-order valence-electron chi connectivity index (χ4n) is 2.35. The number of ether oxygens (including phenoxy) is 1. The molecule has 0 fully saturated rings. The highest BCUT2D eigenvalue weighted by molar-refractivity contribution is 6.30. The Morgan fingerprint density at radius 3 is 2.67 bits per heavy atom. The maximum Gasteiger partial charge on any atom is 0.255 e. The summed E-state index contributed by atoms with van der Waals surface area (Å²) in [5.74, 6) is 0.401. The van der Waals surface area contributed by atoms with Crippen molar-refractivity contribution >= 4 is 23.2 Å². The molecule has 0 aliphatic carbocycles. The first kappa shape index (κ1) is 16.1. The third-order valence-electron chi connectivity index (χ3n) is 3.64. The van der Waals surface area contributed by atoms with Crippen LogP contribution in [0.3, 0.4) is 0 Å². The van der Waals surface area contributed by atoms with Crippen molar-refractivity contribution in [2.24, 2.45) is 0 Å². The summed E-state index contributed by atoms with van der Waals surface area (Å²) >= 11 is 5.93. The molecule has 0 spiro atoms. The number of carbonyl (C=O) groups excluding carboxylic acids is 1. The Morgan fingerprint density at radius 2 is 1.96 bits per heavy atom. The number of anilines is 1. The number of hydrogen-bond acceptors (Lipinski definition) is 3. The molecule has 1 aromatic heterocycles. The first-order valence-corrected chi connectivity index (χ1v) is 7.72. The van der Waals surface area contributed by atoms with E-state index in [4.69, 9.17) is 16.3 Å². The van der Waals surface area contributed by atoms with Gasteiger partial charge in [-0.15, -0.1) is 0 Å². The van der Waals surface area contributed by atoms with Crippen molar-refractivity contribution in [1.29, 1.82) is 0 Å². The molecule has 0 aliphatic rings. The van der Waals surface area contributed by atoms with Crippen molar-refractivity contribution < 1.29 is 9.53 Å². The van der Waals surface area contributed by atoms with E-state index in [1.165, 1.54) is 0 Å². The van der Waals surface area contributed by atoms with Crippen molar-refractivity contribution in [3.05, 3.63) is 64.8 Å². The fourth-order valence-corrected chi connectivity index (χ4v) is 2.47. The summed E-state index contributed by atoms with van der Waals surface area (Å²) < 4.78 is 5.16. The van der Waals surface area contributed by atoms with Crippen LogP contribution >= 0.6 is 11.6 Å². The summed E-state index contributed by atoms with van der Waals surface area (Å²) in [5, 5.41) is 10.8. The van der Waals surface area contributed by atoms with Crippen molar-refractivity contribution in [2.45, 2.75) is 6.92 Å². The number of halogens is 1. The minimum Gasteiger partial charge on any atom is -0.497 e. The maximum absolute atomic E-state index is 12.5. The third kappa shape index (κ3) is 3.26. The number of methoxy groups -OCH3 is 1. The first-order chi connectivity index (χ1) is 11.6. The molecule has 0 saturated carbocycles. The Kier molecular flexibility index (Phi) is 4.53. The van der Waals surface area contributed by atoms with Crippen LogP contribution < -0.4 is 10.1 Å². The van der Waals surface area contributed by atoms with Crippen LogP contribution in [0, 0.1) is 6.92 Å². The molecule has 122 valence electrons. The van der Waals surface area contributed by atoms with Gasteiger partial charge >= 0.3 is 0 Å². The quantitative estimate of drug-likeness (QED) is 0.743. The van der Waals surface area contributed by atoms with Crippen molar-refractivity contribution in [2.75, 3.05) is 12.4 Å². The Bertz CT molecular complexity index is 872. The summed E-state index contributed by atoms with van der Waals surface area (Å²) in [5.41, 5.74) is 3.46. The summed E-state index contributed by atoms with van der Waals surface area (Å²) in [6, 6.07) is 14.3. The Labute approximate surface area is 144 Å². The largest absolute Gasteiger partial charge is 0.497 e. The average molecular weight is 342 g/mol. The monoisotopic (exact) mass is 341 g/mol. The second kappa shape index (κ2) is 6.76. The molecule has 0 unspecified atom stereocenters. The van der Waals surface area contributed by atoms with Crippen LogP contribution in [-0.4, -0.2) is 23.2 Å². The Morgan fingerprint density at radius 1 is 1.21 bits per heavy atom. The second-order valence-corrected chi connectivity index (χ2v) is 5.70. The summed E-state index contributed by atoms with van der Waals surface area (Å²) in [6.07, 6.45) is 0. The van der Waals surface area contributed by atoms with E-state index in [-0.39, 0.29) is 5.91 Å². The lowest BCUT2D eigenvalue weighted by Gasteiger charge is -2.08. The number of amides is 1. The number of benzene rings is 2. The molecule has 0 saturated heterocycles. The zero-order chi connectivity index (χ0) is 17.1. The molecule has 24 heavy (non-hydrogen) atoms. The van der Waals surface area contributed by atoms with Crippen molar-refractivity contribution in [3.63, 3.8) is 0 Å². The van der Waals surface area contributed by atoms with E-state index in [0.29, 0.717) is 27.7 Å². The number of aryl methyl sites for hydroxylation is 1. The van der Waals surface area contributed by atoms with Gasteiger partial charge in [0.2, 0.25) is 0 Å². The van der Waals surface area contributed by atoms with Crippen LogP contribution in [0.5, 0.6) is 5.75 Å². The number of H-pyrrole nitrogens is 1. The fraction of sp³-hybridized carbons (Fsp3) is 0.111. The predicted molar refractivity (Wildman–Crippen MR) is 94.7 cm³/mol. The van der Waals surface area contributed by atoms with Gasteiger partial charge in [-0.1, -0.05) is 29.8 Å². The lowest BCUT2D eigenvalue weighted by atomic mass is 10.1. The molecule has 1 heterocycles. The molecule has 3 rings (SSSR count). The molecule has 0 bridgehead atoms. The lowest BCUT2D eigenvalue weighted by Crippen LogP contribution is -2.13. The van der Waals surface area contributed by atoms with Crippen LogP contribution in [-0.2, 0) is 0 Å². The van der Waals surface area contributed by atoms with Gasteiger partial charge in [-0.2, -0.15) is 5.10 Å².